The van der Waals surface area contributed by atoms with E-state index < -0.39 is 24.7 Å². The number of hydrogen-bond donors (Lipinski definition) is 2. The van der Waals surface area contributed by atoms with Crippen molar-refractivity contribution in [3.8, 4) is 0 Å². The van der Waals surface area contributed by atoms with Crippen LogP contribution in [-0.4, -0.2) is 17.3 Å². The minimum Gasteiger partial charge on any atom is -0.388 e. The second-order valence-electron chi connectivity index (χ2n) is 3.57. The van der Waals surface area contributed by atoms with Crippen LogP contribution in [0.25, 0.3) is 0 Å². The normalized spacial score (nSPS) is 14.8. The zero-order valence-electron chi connectivity index (χ0n) is 8.92. The molecule has 3 N–H and O–H groups in total. The molecule has 0 bridgehead atoms. The van der Waals surface area contributed by atoms with Gasteiger partial charge in [-0.1, -0.05) is 29.3 Å². The fraction of sp³-hybridized carbons (Fsp3) is 0.400. The zero-order chi connectivity index (χ0) is 13.2. The molecule has 0 saturated heterocycles. The van der Waals surface area contributed by atoms with Crippen molar-refractivity contribution in [3.05, 3.63) is 33.8 Å². The van der Waals surface area contributed by atoms with Gasteiger partial charge in [0.1, 0.15) is 6.04 Å². The minimum atomic E-state index is -4.53. The average Bonchev–Trinajstić information content (AvgIpc) is 2.20. The standard InChI is InChI=1S/C10H10Cl2F3NO.ClH/c11-6-2-1-5(3-7(6)12)8(17)4-9(16)10(13,14)15;/h1-3,8-9,17H,4,16H2;1H/t8-,9-;/m1./s1. The maximum absolute atomic E-state index is 12.2. The van der Waals surface area contributed by atoms with Crippen LogP contribution in [0.15, 0.2) is 18.2 Å². The lowest BCUT2D eigenvalue weighted by atomic mass is 10.0. The van der Waals surface area contributed by atoms with Crippen molar-refractivity contribution in [2.24, 2.45) is 5.73 Å². The number of benzene rings is 1. The SMILES string of the molecule is Cl.N[C@H](C[C@@H](O)c1ccc(Cl)c(Cl)c1)C(F)(F)F. The Hall–Kier alpha value is -0.200. The molecule has 0 heterocycles. The van der Waals surface area contributed by atoms with Gasteiger partial charge in [-0.25, -0.2) is 0 Å². The predicted octanol–water partition coefficient (Wildman–Crippen LogP) is 3.73. The van der Waals surface area contributed by atoms with E-state index in [9.17, 15) is 18.3 Å². The zero-order valence-corrected chi connectivity index (χ0v) is 11.2. The molecule has 1 rings (SSSR count). The van der Waals surface area contributed by atoms with Crippen LogP contribution in [0.4, 0.5) is 13.2 Å². The highest BCUT2D eigenvalue weighted by Crippen LogP contribution is 2.30. The summed E-state index contributed by atoms with van der Waals surface area (Å²) in [6.45, 7) is 0. The molecule has 0 aliphatic carbocycles. The van der Waals surface area contributed by atoms with E-state index in [1.807, 2.05) is 0 Å². The van der Waals surface area contributed by atoms with Crippen molar-refractivity contribution >= 4 is 35.6 Å². The average molecular weight is 325 g/mol. The molecular weight excluding hydrogens is 313 g/mol. The number of aliphatic hydroxyl groups is 1. The van der Waals surface area contributed by atoms with E-state index in [-0.39, 0.29) is 28.0 Å². The van der Waals surface area contributed by atoms with Crippen LogP contribution < -0.4 is 5.73 Å². The third-order valence-electron chi connectivity index (χ3n) is 2.23. The van der Waals surface area contributed by atoms with E-state index in [4.69, 9.17) is 28.9 Å². The van der Waals surface area contributed by atoms with Gasteiger partial charge in [-0.05, 0) is 17.7 Å². The molecule has 0 radical (unpaired) electrons. The molecule has 8 heteroatoms. The second-order valence-corrected chi connectivity index (χ2v) is 4.39. The first kappa shape index (κ1) is 17.8. The molecule has 1 aromatic rings. The summed E-state index contributed by atoms with van der Waals surface area (Å²) in [5, 5.41) is 10.0. The Morgan fingerprint density at radius 3 is 2.22 bits per heavy atom. The first-order chi connectivity index (χ1) is 7.71. The van der Waals surface area contributed by atoms with Crippen LogP contribution in [0.3, 0.4) is 0 Å². The highest BCUT2D eigenvalue weighted by atomic mass is 35.5. The summed E-state index contributed by atoms with van der Waals surface area (Å²) in [6, 6.07) is 2.05. The molecule has 0 spiro atoms. The van der Waals surface area contributed by atoms with Crippen LogP contribution in [-0.2, 0) is 0 Å². The molecule has 18 heavy (non-hydrogen) atoms. The maximum Gasteiger partial charge on any atom is 0.403 e. The van der Waals surface area contributed by atoms with Gasteiger partial charge in [-0.2, -0.15) is 13.2 Å². The molecule has 0 unspecified atom stereocenters. The predicted molar refractivity (Wildman–Crippen MR) is 67.3 cm³/mol. The lowest BCUT2D eigenvalue weighted by Crippen LogP contribution is -2.38. The van der Waals surface area contributed by atoms with Crippen molar-refractivity contribution in [2.45, 2.75) is 24.7 Å². The highest BCUT2D eigenvalue weighted by Gasteiger charge is 2.37. The minimum absolute atomic E-state index is 0. The Balaban J connectivity index is 0.00000289. The third kappa shape index (κ3) is 4.82. The lowest BCUT2D eigenvalue weighted by Gasteiger charge is -2.19. The van der Waals surface area contributed by atoms with Crippen LogP contribution in [0, 0.1) is 0 Å². The Kier molecular flexibility index (Phi) is 6.74. The summed E-state index contributed by atoms with van der Waals surface area (Å²) in [6.07, 6.45) is -6.49. The first-order valence-corrected chi connectivity index (χ1v) is 5.42. The first-order valence-electron chi connectivity index (χ1n) is 4.67. The molecule has 0 aromatic heterocycles. The topological polar surface area (TPSA) is 46.2 Å². The Bertz CT molecular complexity index is 400. The summed E-state index contributed by atoms with van der Waals surface area (Å²) >= 11 is 11.3. The number of rotatable bonds is 3. The van der Waals surface area contributed by atoms with Gasteiger partial charge in [-0.15, -0.1) is 12.4 Å². The fourth-order valence-electron chi connectivity index (χ4n) is 1.23. The monoisotopic (exact) mass is 323 g/mol. The van der Waals surface area contributed by atoms with Gasteiger partial charge in [0.2, 0.25) is 0 Å². The number of alkyl halides is 3. The number of nitrogens with two attached hydrogens (primary N) is 1. The molecule has 0 aliphatic rings. The molecule has 1 aromatic carbocycles. The molecule has 0 aliphatic heterocycles. The highest BCUT2D eigenvalue weighted by molar-refractivity contribution is 6.42. The van der Waals surface area contributed by atoms with Gasteiger partial charge in [0, 0.05) is 6.42 Å². The van der Waals surface area contributed by atoms with Gasteiger partial charge >= 0.3 is 6.18 Å². The van der Waals surface area contributed by atoms with E-state index >= 15 is 0 Å². The Morgan fingerprint density at radius 1 is 1.22 bits per heavy atom. The third-order valence-corrected chi connectivity index (χ3v) is 2.97. The Labute approximate surface area is 118 Å². The molecule has 0 fully saturated rings. The van der Waals surface area contributed by atoms with Crippen LogP contribution in [0.2, 0.25) is 10.0 Å². The van der Waals surface area contributed by atoms with Gasteiger partial charge in [-0.3, -0.25) is 0 Å². The van der Waals surface area contributed by atoms with Crippen molar-refractivity contribution in [1.82, 2.24) is 0 Å². The Morgan fingerprint density at radius 2 is 1.78 bits per heavy atom. The smallest absolute Gasteiger partial charge is 0.388 e. The summed E-state index contributed by atoms with van der Waals surface area (Å²) < 4.78 is 36.6. The van der Waals surface area contributed by atoms with Gasteiger partial charge in [0.05, 0.1) is 16.1 Å². The second kappa shape index (κ2) is 6.82. The number of hydrogen-bond acceptors (Lipinski definition) is 2. The molecule has 104 valence electrons. The fourth-order valence-corrected chi connectivity index (χ4v) is 1.54. The summed E-state index contributed by atoms with van der Waals surface area (Å²) in [7, 11) is 0. The molecule has 0 amide bonds. The van der Waals surface area contributed by atoms with Gasteiger partial charge in [0.25, 0.3) is 0 Å². The van der Waals surface area contributed by atoms with E-state index in [0.29, 0.717) is 0 Å². The molecule has 0 saturated carbocycles. The molecule has 2 atom stereocenters. The van der Waals surface area contributed by atoms with Crippen molar-refractivity contribution in [1.29, 1.82) is 0 Å². The lowest BCUT2D eigenvalue weighted by molar-refractivity contribution is -0.153. The largest absolute Gasteiger partial charge is 0.403 e. The molecular formula is C10H11Cl3F3NO. The number of aliphatic hydroxyl groups excluding tert-OH is 1. The van der Waals surface area contributed by atoms with E-state index in [0.717, 1.165) is 0 Å². The van der Waals surface area contributed by atoms with Crippen LogP contribution >= 0.6 is 35.6 Å². The van der Waals surface area contributed by atoms with Gasteiger partial charge < -0.3 is 10.8 Å². The quantitative estimate of drug-likeness (QED) is 0.890. The van der Waals surface area contributed by atoms with Crippen molar-refractivity contribution in [3.63, 3.8) is 0 Å². The van der Waals surface area contributed by atoms with Crippen LogP contribution in [0.1, 0.15) is 18.1 Å². The van der Waals surface area contributed by atoms with Crippen molar-refractivity contribution in [2.75, 3.05) is 0 Å². The van der Waals surface area contributed by atoms with Gasteiger partial charge in [0.15, 0.2) is 0 Å². The summed E-state index contributed by atoms with van der Waals surface area (Å²) in [4.78, 5) is 0. The van der Waals surface area contributed by atoms with E-state index in [2.05, 4.69) is 0 Å². The van der Waals surface area contributed by atoms with E-state index in [1.165, 1.54) is 18.2 Å². The summed E-state index contributed by atoms with van der Waals surface area (Å²) in [5.74, 6) is 0. The summed E-state index contributed by atoms with van der Waals surface area (Å²) in [5.41, 5.74) is 5.16. The maximum atomic E-state index is 12.2. The molecule has 2 nitrogen and oxygen atoms in total. The number of halogens is 6. The van der Waals surface area contributed by atoms with Crippen molar-refractivity contribution < 1.29 is 18.3 Å². The van der Waals surface area contributed by atoms with E-state index in [1.54, 1.807) is 0 Å². The van der Waals surface area contributed by atoms with Crippen LogP contribution in [0.5, 0.6) is 0 Å².